The summed E-state index contributed by atoms with van der Waals surface area (Å²) in [4.78, 5) is 0. The fraction of sp³-hybridized carbons (Fsp3) is 0.385. The number of rotatable bonds is 4. The molecule has 1 aliphatic rings. The van der Waals surface area contributed by atoms with Crippen molar-refractivity contribution < 1.29 is 4.39 Å². The highest BCUT2D eigenvalue weighted by Gasteiger charge is 2.22. The topological polar surface area (TPSA) is 0 Å². The maximum atomic E-state index is 15.2. The van der Waals surface area contributed by atoms with Gasteiger partial charge in [-0.15, -0.1) is 0 Å². The van der Waals surface area contributed by atoms with E-state index in [1.807, 2.05) is 36.4 Å². The van der Waals surface area contributed by atoms with Gasteiger partial charge in [-0.2, -0.15) is 0 Å². The van der Waals surface area contributed by atoms with Crippen LogP contribution in [0.4, 0.5) is 4.39 Å². The Balaban J connectivity index is 1.61. The predicted molar refractivity (Wildman–Crippen MR) is 114 cm³/mol. The fourth-order valence-electron chi connectivity index (χ4n) is 4.71. The quantitative estimate of drug-likeness (QED) is 0.442. The van der Waals surface area contributed by atoms with E-state index in [0.717, 1.165) is 22.3 Å². The van der Waals surface area contributed by atoms with Gasteiger partial charge in [-0.05, 0) is 61.0 Å². The van der Waals surface area contributed by atoms with Crippen molar-refractivity contribution in [2.75, 3.05) is 0 Å². The number of aryl methyl sites for hydroxylation is 1. The second-order valence-electron chi connectivity index (χ2n) is 8.28. The van der Waals surface area contributed by atoms with Crippen LogP contribution in [-0.4, -0.2) is 0 Å². The van der Waals surface area contributed by atoms with Gasteiger partial charge in [0.2, 0.25) is 0 Å². The molecule has 3 aromatic rings. The second kappa shape index (κ2) is 7.84. The molecule has 0 unspecified atom stereocenters. The molecule has 1 fully saturated rings. The lowest BCUT2D eigenvalue weighted by atomic mass is 9.77. The van der Waals surface area contributed by atoms with Gasteiger partial charge in [0.05, 0.1) is 0 Å². The molecule has 0 spiro atoms. The van der Waals surface area contributed by atoms with E-state index in [0.29, 0.717) is 11.5 Å². The van der Waals surface area contributed by atoms with Crippen LogP contribution >= 0.6 is 0 Å². The summed E-state index contributed by atoms with van der Waals surface area (Å²) >= 11 is 0. The van der Waals surface area contributed by atoms with Crippen LogP contribution in [0.15, 0.2) is 54.6 Å². The molecule has 0 N–H and O–H groups in total. The number of benzene rings is 3. The minimum Gasteiger partial charge on any atom is -0.206 e. The minimum atomic E-state index is -0.102. The van der Waals surface area contributed by atoms with Crippen molar-refractivity contribution in [3.8, 4) is 11.1 Å². The highest BCUT2D eigenvalue weighted by Crippen LogP contribution is 2.39. The Morgan fingerprint density at radius 3 is 2.33 bits per heavy atom. The van der Waals surface area contributed by atoms with E-state index in [2.05, 4.69) is 32.0 Å². The average molecular weight is 361 g/mol. The molecule has 140 valence electrons. The Hall–Kier alpha value is -2.15. The molecule has 0 bridgehead atoms. The SMILES string of the molecule is CCCC1CCC(c2ccc3c(F)c(-c4ccc(C)cc4)ccc3c2)CC1. The number of fused-ring (bicyclic) bond motifs is 1. The average Bonchev–Trinajstić information content (AvgIpc) is 2.70. The molecular weight excluding hydrogens is 331 g/mol. The lowest BCUT2D eigenvalue weighted by molar-refractivity contribution is 0.308. The Bertz CT molecular complexity index is 915. The van der Waals surface area contributed by atoms with Crippen molar-refractivity contribution in [1.29, 1.82) is 0 Å². The van der Waals surface area contributed by atoms with E-state index in [1.165, 1.54) is 49.7 Å². The van der Waals surface area contributed by atoms with E-state index in [4.69, 9.17) is 0 Å². The van der Waals surface area contributed by atoms with E-state index in [1.54, 1.807) is 0 Å². The van der Waals surface area contributed by atoms with Crippen LogP contribution in [0.2, 0.25) is 0 Å². The standard InChI is InChI=1S/C26H29F/c1-3-4-19-7-11-20(12-8-19)22-13-15-25-23(17-22)14-16-24(26(25)27)21-9-5-18(2)6-10-21/h5-6,9-10,13-17,19-20H,3-4,7-8,11-12H2,1-2H3. The molecule has 27 heavy (non-hydrogen) atoms. The molecule has 0 radical (unpaired) electrons. The molecule has 0 saturated heterocycles. The van der Waals surface area contributed by atoms with Gasteiger partial charge in [-0.1, -0.05) is 79.9 Å². The summed E-state index contributed by atoms with van der Waals surface area (Å²) in [6.07, 6.45) is 7.92. The Morgan fingerprint density at radius 2 is 1.63 bits per heavy atom. The van der Waals surface area contributed by atoms with Gasteiger partial charge >= 0.3 is 0 Å². The Labute approximate surface area is 162 Å². The third kappa shape index (κ3) is 3.78. The van der Waals surface area contributed by atoms with Crippen LogP contribution in [0.5, 0.6) is 0 Å². The molecule has 1 aliphatic carbocycles. The van der Waals surface area contributed by atoms with Crippen molar-refractivity contribution in [2.45, 2.75) is 58.3 Å². The summed E-state index contributed by atoms with van der Waals surface area (Å²) in [6, 6.07) is 18.5. The van der Waals surface area contributed by atoms with Gasteiger partial charge in [-0.3, -0.25) is 0 Å². The third-order valence-corrected chi connectivity index (χ3v) is 6.36. The molecular formula is C26H29F. The third-order valence-electron chi connectivity index (χ3n) is 6.36. The number of hydrogen-bond donors (Lipinski definition) is 0. The normalized spacial score (nSPS) is 20.1. The van der Waals surface area contributed by atoms with Crippen LogP contribution in [0.1, 0.15) is 62.5 Å². The first-order valence-corrected chi connectivity index (χ1v) is 10.4. The van der Waals surface area contributed by atoms with Crippen molar-refractivity contribution in [3.05, 3.63) is 71.5 Å². The molecule has 1 saturated carbocycles. The van der Waals surface area contributed by atoms with Crippen LogP contribution in [0.3, 0.4) is 0 Å². The summed E-state index contributed by atoms with van der Waals surface area (Å²) in [5, 5.41) is 1.76. The second-order valence-corrected chi connectivity index (χ2v) is 8.28. The monoisotopic (exact) mass is 360 g/mol. The van der Waals surface area contributed by atoms with Crippen molar-refractivity contribution in [2.24, 2.45) is 5.92 Å². The van der Waals surface area contributed by atoms with Gasteiger partial charge in [-0.25, -0.2) is 4.39 Å². The zero-order valence-electron chi connectivity index (χ0n) is 16.5. The number of hydrogen-bond acceptors (Lipinski definition) is 0. The molecule has 0 aliphatic heterocycles. The largest absolute Gasteiger partial charge is 0.206 e. The summed E-state index contributed by atoms with van der Waals surface area (Å²) in [5.74, 6) is 1.46. The molecule has 0 heterocycles. The lowest BCUT2D eigenvalue weighted by Gasteiger charge is -2.28. The van der Waals surface area contributed by atoms with Crippen molar-refractivity contribution in [1.82, 2.24) is 0 Å². The Morgan fingerprint density at radius 1 is 0.889 bits per heavy atom. The van der Waals surface area contributed by atoms with Gasteiger partial charge in [0.1, 0.15) is 5.82 Å². The predicted octanol–water partition coefficient (Wildman–Crippen LogP) is 8.03. The van der Waals surface area contributed by atoms with Crippen LogP contribution in [-0.2, 0) is 0 Å². The first kappa shape index (κ1) is 18.2. The molecule has 0 nitrogen and oxygen atoms in total. The summed E-state index contributed by atoms with van der Waals surface area (Å²) < 4.78 is 15.2. The van der Waals surface area contributed by atoms with Gasteiger partial charge in [0.25, 0.3) is 0 Å². The summed E-state index contributed by atoms with van der Waals surface area (Å²) in [5.41, 5.74) is 4.21. The highest BCUT2D eigenvalue weighted by molar-refractivity contribution is 5.89. The van der Waals surface area contributed by atoms with Crippen LogP contribution in [0.25, 0.3) is 21.9 Å². The molecule has 0 aromatic heterocycles. The van der Waals surface area contributed by atoms with Crippen LogP contribution in [0, 0.1) is 18.7 Å². The molecule has 0 amide bonds. The zero-order chi connectivity index (χ0) is 18.8. The Kier molecular flexibility index (Phi) is 5.29. The van der Waals surface area contributed by atoms with E-state index >= 15 is 4.39 Å². The van der Waals surface area contributed by atoms with E-state index in [-0.39, 0.29) is 5.82 Å². The summed E-state index contributed by atoms with van der Waals surface area (Å²) in [6.45, 7) is 4.34. The first-order chi connectivity index (χ1) is 13.2. The maximum Gasteiger partial charge on any atom is 0.138 e. The highest BCUT2D eigenvalue weighted by atomic mass is 19.1. The van der Waals surface area contributed by atoms with E-state index in [9.17, 15) is 0 Å². The fourth-order valence-corrected chi connectivity index (χ4v) is 4.71. The van der Waals surface area contributed by atoms with Crippen molar-refractivity contribution in [3.63, 3.8) is 0 Å². The number of halogens is 1. The molecule has 0 atom stereocenters. The summed E-state index contributed by atoms with van der Waals surface area (Å²) in [7, 11) is 0. The first-order valence-electron chi connectivity index (χ1n) is 10.4. The molecule has 3 aromatic carbocycles. The smallest absolute Gasteiger partial charge is 0.138 e. The molecule has 1 heteroatoms. The van der Waals surface area contributed by atoms with Gasteiger partial charge < -0.3 is 0 Å². The minimum absolute atomic E-state index is 0.102. The van der Waals surface area contributed by atoms with Gasteiger partial charge in [0, 0.05) is 10.9 Å². The lowest BCUT2D eigenvalue weighted by Crippen LogP contribution is -2.13. The van der Waals surface area contributed by atoms with Crippen LogP contribution < -0.4 is 0 Å². The van der Waals surface area contributed by atoms with Crippen molar-refractivity contribution >= 4 is 10.8 Å². The van der Waals surface area contributed by atoms with Gasteiger partial charge in [0.15, 0.2) is 0 Å². The van der Waals surface area contributed by atoms with E-state index < -0.39 is 0 Å². The maximum absolute atomic E-state index is 15.2. The zero-order valence-corrected chi connectivity index (χ0v) is 16.5. The molecule has 4 rings (SSSR count).